The molecule has 0 saturated carbocycles. The third-order valence-electron chi connectivity index (χ3n) is 3.54. The van der Waals surface area contributed by atoms with Crippen LogP contribution < -0.4 is 15.8 Å². The molecule has 7 heteroatoms. The molecule has 1 aromatic rings. The monoisotopic (exact) mass is 325 g/mol. The van der Waals surface area contributed by atoms with Gasteiger partial charge in [0.1, 0.15) is 5.75 Å². The highest BCUT2D eigenvalue weighted by molar-refractivity contribution is 6.32. The molecule has 120 valence electrons. The van der Waals surface area contributed by atoms with Crippen LogP contribution in [0.2, 0.25) is 5.02 Å². The van der Waals surface area contributed by atoms with Crippen LogP contribution in [0.25, 0.3) is 0 Å². The van der Waals surface area contributed by atoms with E-state index in [1.165, 1.54) is 0 Å². The Morgan fingerprint density at radius 2 is 2.18 bits per heavy atom. The third-order valence-corrected chi connectivity index (χ3v) is 3.86. The molecular formula is C15H20ClN3O3. The van der Waals surface area contributed by atoms with Gasteiger partial charge in [-0.3, -0.25) is 15.0 Å². The third kappa shape index (κ3) is 5.20. The van der Waals surface area contributed by atoms with E-state index in [4.69, 9.17) is 22.1 Å². The first-order valence-electron chi connectivity index (χ1n) is 7.23. The van der Waals surface area contributed by atoms with Gasteiger partial charge in [-0.2, -0.15) is 0 Å². The zero-order chi connectivity index (χ0) is 15.9. The van der Waals surface area contributed by atoms with Crippen LogP contribution >= 0.6 is 11.6 Å². The summed E-state index contributed by atoms with van der Waals surface area (Å²) in [5.74, 6) is 0.624. The first-order chi connectivity index (χ1) is 10.5. The van der Waals surface area contributed by atoms with Crippen molar-refractivity contribution < 1.29 is 14.3 Å². The fourth-order valence-corrected chi connectivity index (χ4v) is 2.77. The van der Waals surface area contributed by atoms with Gasteiger partial charge in [-0.1, -0.05) is 23.7 Å². The van der Waals surface area contributed by atoms with E-state index in [9.17, 15) is 9.59 Å². The quantitative estimate of drug-likeness (QED) is 0.861. The molecule has 3 N–H and O–H groups in total. The number of halogens is 1. The number of benzene rings is 1. The van der Waals surface area contributed by atoms with Gasteiger partial charge in [0.05, 0.1) is 18.2 Å². The van der Waals surface area contributed by atoms with Crippen molar-refractivity contribution in [3.05, 3.63) is 29.3 Å². The lowest BCUT2D eigenvalue weighted by atomic mass is 9.99. The molecule has 1 aliphatic rings. The van der Waals surface area contributed by atoms with Gasteiger partial charge in [-0.25, -0.2) is 4.79 Å². The minimum atomic E-state index is -0.819. The van der Waals surface area contributed by atoms with Crippen LogP contribution in [0.1, 0.15) is 12.8 Å². The second-order valence-corrected chi connectivity index (χ2v) is 5.80. The summed E-state index contributed by atoms with van der Waals surface area (Å²) in [5, 5.41) is 2.67. The molecule has 1 atom stereocenters. The Bertz CT molecular complexity index is 539. The Morgan fingerprint density at radius 1 is 1.41 bits per heavy atom. The maximum absolute atomic E-state index is 11.6. The lowest BCUT2D eigenvalue weighted by Crippen LogP contribution is -2.46. The number of amides is 3. The molecule has 22 heavy (non-hydrogen) atoms. The summed E-state index contributed by atoms with van der Waals surface area (Å²) in [6.45, 7) is 2.30. The van der Waals surface area contributed by atoms with Gasteiger partial charge in [0.2, 0.25) is 5.91 Å². The number of hydrogen-bond donors (Lipinski definition) is 2. The van der Waals surface area contributed by atoms with Crippen molar-refractivity contribution in [2.24, 2.45) is 11.7 Å². The Morgan fingerprint density at radius 3 is 2.91 bits per heavy atom. The van der Waals surface area contributed by atoms with Gasteiger partial charge in [-0.15, -0.1) is 0 Å². The average molecular weight is 326 g/mol. The molecule has 0 spiro atoms. The van der Waals surface area contributed by atoms with E-state index in [2.05, 4.69) is 5.32 Å². The SMILES string of the molecule is NC(=O)NC(=O)CN1CCCC(COc2ccccc2Cl)C1. The number of ether oxygens (including phenoxy) is 1. The summed E-state index contributed by atoms with van der Waals surface area (Å²) < 4.78 is 5.76. The lowest BCUT2D eigenvalue weighted by molar-refractivity contribution is -0.121. The molecule has 1 unspecified atom stereocenters. The van der Waals surface area contributed by atoms with E-state index >= 15 is 0 Å². The Hall–Kier alpha value is -1.79. The Balaban J connectivity index is 1.79. The summed E-state index contributed by atoms with van der Waals surface area (Å²) in [5.41, 5.74) is 4.93. The van der Waals surface area contributed by atoms with Crippen molar-refractivity contribution in [1.82, 2.24) is 10.2 Å². The molecule has 1 saturated heterocycles. The number of nitrogens with two attached hydrogens (primary N) is 1. The zero-order valence-corrected chi connectivity index (χ0v) is 13.0. The van der Waals surface area contributed by atoms with Crippen LogP contribution in [0, 0.1) is 5.92 Å². The topological polar surface area (TPSA) is 84.7 Å². The molecule has 1 fully saturated rings. The minimum Gasteiger partial charge on any atom is -0.492 e. The van der Waals surface area contributed by atoms with Gasteiger partial charge in [-0.05, 0) is 31.5 Å². The Labute approximate surface area is 134 Å². The minimum absolute atomic E-state index is 0.172. The van der Waals surface area contributed by atoms with E-state index < -0.39 is 6.03 Å². The number of para-hydroxylation sites is 1. The number of nitrogens with one attached hydrogen (secondary N) is 1. The number of nitrogens with zero attached hydrogens (tertiary/aromatic N) is 1. The standard InChI is InChI=1S/C15H20ClN3O3/c16-12-5-1-2-6-13(12)22-10-11-4-3-7-19(8-11)9-14(20)18-15(17)21/h1-2,5-6,11H,3-4,7-10H2,(H3,17,18,20,21). The molecule has 6 nitrogen and oxygen atoms in total. The number of likely N-dealkylation sites (tertiary alicyclic amines) is 1. The van der Waals surface area contributed by atoms with Crippen LogP contribution in [-0.4, -0.2) is 43.1 Å². The predicted octanol–water partition coefficient (Wildman–Crippen LogP) is 1.63. The first-order valence-corrected chi connectivity index (χ1v) is 7.61. The summed E-state index contributed by atoms with van der Waals surface area (Å²) in [6, 6.07) is 6.54. The summed E-state index contributed by atoms with van der Waals surface area (Å²) in [7, 11) is 0. The number of rotatable bonds is 5. The molecule has 2 rings (SSSR count). The van der Waals surface area contributed by atoms with Crippen LogP contribution in [0.3, 0.4) is 0 Å². The van der Waals surface area contributed by atoms with Gasteiger partial charge < -0.3 is 10.5 Å². The van der Waals surface area contributed by atoms with Crippen molar-refractivity contribution in [3.63, 3.8) is 0 Å². The van der Waals surface area contributed by atoms with Crippen molar-refractivity contribution in [2.75, 3.05) is 26.2 Å². The fraction of sp³-hybridized carbons (Fsp3) is 0.467. The normalized spacial score (nSPS) is 18.7. The highest BCUT2D eigenvalue weighted by Gasteiger charge is 2.22. The van der Waals surface area contributed by atoms with E-state index in [1.54, 1.807) is 6.07 Å². The van der Waals surface area contributed by atoms with Crippen molar-refractivity contribution in [1.29, 1.82) is 0 Å². The number of carbonyl (C=O) groups is 2. The van der Waals surface area contributed by atoms with E-state index in [0.29, 0.717) is 23.3 Å². The van der Waals surface area contributed by atoms with Gasteiger partial charge in [0.25, 0.3) is 0 Å². The van der Waals surface area contributed by atoms with Crippen LogP contribution in [0.4, 0.5) is 4.79 Å². The van der Waals surface area contributed by atoms with Crippen LogP contribution in [0.5, 0.6) is 5.75 Å². The van der Waals surface area contributed by atoms with Crippen molar-refractivity contribution in [3.8, 4) is 5.75 Å². The molecule has 0 aromatic heterocycles. The Kier molecular flexibility index (Phi) is 6.03. The number of urea groups is 1. The van der Waals surface area contributed by atoms with Crippen molar-refractivity contribution >= 4 is 23.5 Å². The largest absolute Gasteiger partial charge is 0.492 e. The molecule has 0 radical (unpaired) electrons. The summed E-state index contributed by atoms with van der Waals surface area (Å²) in [6.07, 6.45) is 2.03. The van der Waals surface area contributed by atoms with Gasteiger partial charge in [0.15, 0.2) is 0 Å². The van der Waals surface area contributed by atoms with Gasteiger partial charge in [0, 0.05) is 12.5 Å². The summed E-state index contributed by atoms with van der Waals surface area (Å²) in [4.78, 5) is 24.2. The number of hydrogen-bond acceptors (Lipinski definition) is 4. The molecule has 1 aliphatic heterocycles. The smallest absolute Gasteiger partial charge is 0.318 e. The molecule has 1 heterocycles. The lowest BCUT2D eigenvalue weighted by Gasteiger charge is -2.32. The number of carbonyl (C=O) groups excluding carboxylic acids is 2. The van der Waals surface area contributed by atoms with E-state index in [-0.39, 0.29) is 12.5 Å². The number of piperidine rings is 1. The fourth-order valence-electron chi connectivity index (χ4n) is 2.58. The predicted molar refractivity (Wildman–Crippen MR) is 83.8 cm³/mol. The highest BCUT2D eigenvalue weighted by atomic mass is 35.5. The molecule has 0 bridgehead atoms. The molecule has 0 aliphatic carbocycles. The van der Waals surface area contributed by atoms with Crippen LogP contribution in [0.15, 0.2) is 24.3 Å². The van der Waals surface area contributed by atoms with Crippen LogP contribution in [-0.2, 0) is 4.79 Å². The maximum atomic E-state index is 11.6. The summed E-state index contributed by atoms with van der Waals surface area (Å²) >= 11 is 6.06. The van der Waals surface area contributed by atoms with Gasteiger partial charge >= 0.3 is 6.03 Å². The second-order valence-electron chi connectivity index (χ2n) is 5.40. The average Bonchev–Trinajstić information content (AvgIpc) is 2.46. The zero-order valence-electron chi connectivity index (χ0n) is 12.3. The van der Waals surface area contributed by atoms with Crippen molar-refractivity contribution in [2.45, 2.75) is 12.8 Å². The molecular weight excluding hydrogens is 306 g/mol. The number of imide groups is 1. The van der Waals surface area contributed by atoms with E-state index in [0.717, 1.165) is 25.9 Å². The van der Waals surface area contributed by atoms with E-state index in [1.807, 2.05) is 23.1 Å². The second kappa shape index (κ2) is 8.00. The molecule has 1 aromatic carbocycles. The highest BCUT2D eigenvalue weighted by Crippen LogP contribution is 2.25. The maximum Gasteiger partial charge on any atom is 0.318 e. The molecule has 3 amide bonds. The number of primary amides is 1. The first kappa shape index (κ1) is 16.6.